The van der Waals surface area contributed by atoms with Crippen LogP contribution < -0.4 is 5.73 Å². The fourth-order valence-corrected chi connectivity index (χ4v) is 1.98. The van der Waals surface area contributed by atoms with E-state index >= 15 is 0 Å². The standard InChI is InChI=1S/C12H19N3O/c13-8-12-10(2-1-5-14-12)9-15(6-7-16)11-3-4-11/h1-2,5,11,16H,3-4,6-9,13H2. The van der Waals surface area contributed by atoms with Gasteiger partial charge in [0.2, 0.25) is 0 Å². The van der Waals surface area contributed by atoms with Crippen molar-refractivity contribution < 1.29 is 5.11 Å². The number of nitrogens with zero attached hydrogens (tertiary/aromatic N) is 2. The van der Waals surface area contributed by atoms with Crippen molar-refractivity contribution in [3.05, 3.63) is 29.6 Å². The van der Waals surface area contributed by atoms with Crippen LogP contribution in [0.25, 0.3) is 0 Å². The third-order valence-corrected chi connectivity index (χ3v) is 3.00. The number of aliphatic hydroxyl groups is 1. The second kappa shape index (κ2) is 5.39. The van der Waals surface area contributed by atoms with Gasteiger partial charge in [-0.2, -0.15) is 0 Å². The molecule has 4 heteroatoms. The van der Waals surface area contributed by atoms with Gasteiger partial charge in [-0.3, -0.25) is 9.88 Å². The molecule has 0 aliphatic heterocycles. The summed E-state index contributed by atoms with van der Waals surface area (Å²) >= 11 is 0. The van der Waals surface area contributed by atoms with E-state index in [9.17, 15) is 0 Å². The number of hydrogen-bond donors (Lipinski definition) is 2. The molecule has 1 aliphatic carbocycles. The number of aromatic nitrogens is 1. The zero-order chi connectivity index (χ0) is 11.4. The second-order valence-electron chi connectivity index (χ2n) is 4.24. The fourth-order valence-electron chi connectivity index (χ4n) is 1.98. The molecule has 0 unspecified atom stereocenters. The fraction of sp³-hybridized carbons (Fsp3) is 0.583. The van der Waals surface area contributed by atoms with Crippen LogP contribution in [0.15, 0.2) is 18.3 Å². The number of hydrogen-bond acceptors (Lipinski definition) is 4. The minimum absolute atomic E-state index is 0.217. The van der Waals surface area contributed by atoms with Gasteiger partial charge in [-0.1, -0.05) is 6.07 Å². The highest BCUT2D eigenvalue weighted by Crippen LogP contribution is 2.28. The predicted molar refractivity (Wildman–Crippen MR) is 62.6 cm³/mol. The van der Waals surface area contributed by atoms with Crippen LogP contribution in [0.1, 0.15) is 24.1 Å². The van der Waals surface area contributed by atoms with Gasteiger partial charge in [0.1, 0.15) is 0 Å². The van der Waals surface area contributed by atoms with Gasteiger partial charge in [-0.15, -0.1) is 0 Å². The molecule has 0 amide bonds. The summed E-state index contributed by atoms with van der Waals surface area (Å²) in [6.07, 6.45) is 4.27. The molecule has 1 saturated carbocycles. The molecule has 0 bridgehead atoms. The van der Waals surface area contributed by atoms with Crippen molar-refractivity contribution >= 4 is 0 Å². The smallest absolute Gasteiger partial charge is 0.0584 e. The Hall–Kier alpha value is -0.970. The largest absolute Gasteiger partial charge is 0.395 e. The Balaban J connectivity index is 2.05. The van der Waals surface area contributed by atoms with Crippen molar-refractivity contribution in [2.24, 2.45) is 5.73 Å². The van der Waals surface area contributed by atoms with Crippen LogP contribution in [0.3, 0.4) is 0 Å². The molecule has 0 saturated heterocycles. The lowest BCUT2D eigenvalue weighted by Gasteiger charge is -2.21. The van der Waals surface area contributed by atoms with Crippen molar-refractivity contribution in [1.82, 2.24) is 9.88 Å². The maximum atomic E-state index is 9.04. The summed E-state index contributed by atoms with van der Waals surface area (Å²) in [5.41, 5.74) is 7.81. The third kappa shape index (κ3) is 2.78. The van der Waals surface area contributed by atoms with Gasteiger partial charge in [0.05, 0.1) is 12.3 Å². The van der Waals surface area contributed by atoms with Crippen molar-refractivity contribution in [2.75, 3.05) is 13.2 Å². The monoisotopic (exact) mass is 221 g/mol. The number of aliphatic hydroxyl groups excluding tert-OH is 1. The highest BCUT2D eigenvalue weighted by Gasteiger charge is 2.28. The molecule has 1 aliphatic rings. The number of nitrogens with two attached hydrogens (primary N) is 1. The summed E-state index contributed by atoms with van der Waals surface area (Å²) in [7, 11) is 0. The highest BCUT2D eigenvalue weighted by molar-refractivity contribution is 5.19. The lowest BCUT2D eigenvalue weighted by Crippen LogP contribution is -2.29. The van der Waals surface area contributed by atoms with E-state index < -0.39 is 0 Å². The van der Waals surface area contributed by atoms with Crippen molar-refractivity contribution in [3.63, 3.8) is 0 Å². The molecular formula is C12H19N3O. The van der Waals surface area contributed by atoms with Gasteiger partial charge in [0.25, 0.3) is 0 Å². The molecule has 4 nitrogen and oxygen atoms in total. The Labute approximate surface area is 96.1 Å². The third-order valence-electron chi connectivity index (χ3n) is 3.00. The second-order valence-corrected chi connectivity index (χ2v) is 4.24. The van der Waals surface area contributed by atoms with E-state index in [0.29, 0.717) is 12.6 Å². The lowest BCUT2D eigenvalue weighted by molar-refractivity contribution is 0.183. The number of pyridine rings is 1. The Morgan fingerprint density at radius 3 is 2.94 bits per heavy atom. The van der Waals surface area contributed by atoms with E-state index in [1.807, 2.05) is 6.07 Å². The zero-order valence-electron chi connectivity index (χ0n) is 9.47. The van der Waals surface area contributed by atoms with Crippen molar-refractivity contribution in [2.45, 2.75) is 32.0 Å². The minimum atomic E-state index is 0.217. The van der Waals surface area contributed by atoms with Gasteiger partial charge in [0.15, 0.2) is 0 Å². The molecule has 88 valence electrons. The van der Waals surface area contributed by atoms with Crippen LogP contribution in [-0.2, 0) is 13.1 Å². The van der Waals surface area contributed by atoms with Crippen LogP contribution in [0.4, 0.5) is 0 Å². The van der Waals surface area contributed by atoms with E-state index in [0.717, 1.165) is 18.8 Å². The van der Waals surface area contributed by atoms with Gasteiger partial charge >= 0.3 is 0 Å². The molecule has 0 spiro atoms. The van der Waals surface area contributed by atoms with E-state index in [2.05, 4.69) is 16.0 Å². The molecule has 0 atom stereocenters. The van der Waals surface area contributed by atoms with E-state index in [1.54, 1.807) is 6.20 Å². The lowest BCUT2D eigenvalue weighted by atomic mass is 10.1. The van der Waals surface area contributed by atoms with Crippen LogP contribution >= 0.6 is 0 Å². The minimum Gasteiger partial charge on any atom is -0.395 e. The van der Waals surface area contributed by atoms with Gasteiger partial charge in [-0.25, -0.2) is 0 Å². The first-order valence-electron chi connectivity index (χ1n) is 5.83. The molecule has 3 N–H and O–H groups in total. The summed E-state index contributed by atoms with van der Waals surface area (Å²) in [4.78, 5) is 6.59. The number of rotatable bonds is 6. The normalized spacial score (nSPS) is 15.7. The molecular weight excluding hydrogens is 202 g/mol. The first-order chi connectivity index (χ1) is 7.85. The van der Waals surface area contributed by atoms with Crippen LogP contribution in [0.2, 0.25) is 0 Å². The molecule has 1 heterocycles. The summed E-state index contributed by atoms with van der Waals surface area (Å²) < 4.78 is 0. The molecule has 16 heavy (non-hydrogen) atoms. The van der Waals surface area contributed by atoms with Crippen molar-refractivity contribution in [1.29, 1.82) is 0 Å². The Bertz CT molecular complexity index is 339. The summed E-state index contributed by atoms with van der Waals surface area (Å²) in [5, 5.41) is 9.04. The SMILES string of the molecule is NCc1ncccc1CN(CCO)C1CC1. The van der Waals surface area contributed by atoms with Gasteiger partial charge < -0.3 is 10.8 Å². The molecule has 0 radical (unpaired) electrons. The highest BCUT2D eigenvalue weighted by atomic mass is 16.3. The first kappa shape index (κ1) is 11.5. The first-order valence-corrected chi connectivity index (χ1v) is 5.83. The maximum Gasteiger partial charge on any atom is 0.0584 e. The summed E-state index contributed by atoms with van der Waals surface area (Å²) in [6, 6.07) is 4.67. The maximum absolute atomic E-state index is 9.04. The average Bonchev–Trinajstić information content (AvgIpc) is 3.13. The quantitative estimate of drug-likeness (QED) is 0.734. The molecule has 0 aromatic carbocycles. The Kier molecular flexibility index (Phi) is 3.88. The van der Waals surface area contributed by atoms with E-state index in [-0.39, 0.29) is 6.61 Å². The Morgan fingerprint density at radius 1 is 1.50 bits per heavy atom. The predicted octanol–water partition coefficient (Wildman–Crippen LogP) is 0.497. The van der Waals surface area contributed by atoms with Crippen LogP contribution in [0, 0.1) is 0 Å². The van der Waals surface area contributed by atoms with E-state index in [4.69, 9.17) is 10.8 Å². The van der Waals surface area contributed by atoms with Gasteiger partial charge in [0, 0.05) is 31.9 Å². The van der Waals surface area contributed by atoms with E-state index in [1.165, 1.54) is 18.4 Å². The van der Waals surface area contributed by atoms with Crippen LogP contribution in [-0.4, -0.2) is 34.2 Å². The van der Waals surface area contributed by atoms with Crippen molar-refractivity contribution in [3.8, 4) is 0 Å². The average molecular weight is 221 g/mol. The van der Waals surface area contributed by atoms with Crippen LogP contribution in [0.5, 0.6) is 0 Å². The molecule has 1 fully saturated rings. The molecule has 1 aromatic rings. The molecule has 2 rings (SSSR count). The Morgan fingerprint density at radius 2 is 2.31 bits per heavy atom. The topological polar surface area (TPSA) is 62.4 Å². The molecule has 1 aromatic heterocycles. The summed E-state index contributed by atoms with van der Waals surface area (Å²) in [6.45, 7) is 2.29. The summed E-state index contributed by atoms with van der Waals surface area (Å²) in [5.74, 6) is 0. The zero-order valence-corrected chi connectivity index (χ0v) is 9.47. The van der Waals surface area contributed by atoms with Gasteiger partial charge in [-0.05, 0) is 24.5 Å².